The third kappa shape index (κ3) is 5.59. The Kier molecular flexibility index (Phi) is 7.23. The van der Waals surface area contributed by atoms with E-state index in [1.807, 2.05) is 0 Å². The molecule has 0 aliphatic carbocycles. The second-order valence-corrected chi connectivity index (χ2v) is 6.01. The van der Waals surface area contributed by atoms with Crippen LogP contribution in [0.2, 0.25) is 0 Å². The van der Waals surface area contributed by atoms with Gasteiger partial charge in [-0.3, -0.25) is 4.21 Å². The molecule has 0 aliphatic heterocycles. The summed E-state index contributed by atoms with van der Waals surface area (Å²) in [5.74, 6) is -0.574. The Bertz CT molecular complexity index is 602. The van der Waals surface area contributed by atoms with Crippen LogP contribution in [0, 0.1) is 6.92 Å². The zero-order chi connectivity index (χ0) is 16.7. The van der Waals surface area contributed by atoms with Crippen LogP contribution in [0.3, 0.4) is 0 Å². The largest absolute Gasteiger partial charge is 0.462 e. The van der Waals surface area contributed by atoms with E-state index in [0.717, 1.165) is 0 Å². The molecule has 5 nitrogen and oxygen atoms in total. The fourth-order valence-electron chi connectivity index (χ4n) is 1.61. The molecule has 1 aromatic rings. The van der Waals surface area contributed by atoms with E-state index in [1.165, 1.54) is 19.4 Å². The number of halogens is 2. The van der Waals surface area contributed by atoms with E-state index in [0.29, 0.717) is 18.5 Å². The summed E-state index contributed by atoms with van der Waals surface area (Å²) in [7, 11) is -1.32. The van der Waals surface area contributed by atoms with Crippen LogP contribution < -0.4 is 0 Å². The number of rotatable bonds is 7. The highest BCUT2D eigenvalue weighted by molar-refractivity contribution is 7.84. The van der Waals surface area contributed by atoms with Crippen LogP contribution in [0.25, 0.3) is 0 Å². The van der Waals surface area contributed by atoms with Crippen LogP contribution in [0.5, 0.6) is 0 Å². The van der Waals surface area contributed by atoms with Gasteiger partial charge in [0.1, 0.15) is 0 Å². The topological polar surface area (TPSA) is 69.2 Å². The molecule has 0 aromatic carbocycles. The van der Waals surface area contributed by atoms with Crippen molar-refractivity contribution in [3.8, 4) is 0 Å². The van der Waals surface area contributed by atoms with Gasteiger partial charge >= 0.3 is 5.97 Å². The Hall–Kier alpha value is -1.70. The number of aryl methyl sites for hydroxylation is 1. The Morgan fingerprint density at radius 1 is 1.36 bits per heavy atom. The first kappa shape index (κ1) is 18.3. The van der Waals surface area contributed by atoms with Gasteiger partial charge in [0.05, 0.1) is 28.7 Å². The van der Waals surface area contributed by atoms with Gasteiger partial charge in [-0.05, 0) is 38.7 Å². The maximum atomic E-state index is 12.2. The van der Waals surface area contributed by atoms with Crippen molar-refractivity contribution in [3.05, 3.63) is 29.1 Å². The minimum Gasteiger partial charge on any atom is -0.462 e. The van der Waals surface area contributed by atoms with Gasteiger partial charge < -0.3 is 4.74 Å². The Morgan fingerprint density at radius 2 is 2.05 bits per heavy atom. The van der Waals surface area contributed by atoms with Crippen LogP contribution >= 0.6 is 0 Å². The lowest BCUT2D eigenvalue weighted by atomic mass is 10.1. The van der Waals surface area contributed by atoms with Crippen molar-refractivity contribution in [1.82, 2.24) is 9.97 Å². The highest BCUT2D eigenvalue weighted by Crippen LogP contribution is 2.14. The second-order valence-electron chi connectivity index (χ2n) is 4.74. The lowest BCUT2D eigenvalue weighted by molar-refractivity contribution is 0.0496. The molecule has 122 valence electrons. The fraction of sp³-hybridized carbons (Fsp3) is 0.500. The van der Waals surface area contributed by atoms with Gasteiger partial charge in [0.15, 0.2) is 0 Å². The van der Waals surface area contributed by atoms with E-state index in [4.69, 9.17) is 4.74 Å². The lowest BCUT2D eigenvalue weighted by Crippen LogP contribution is -2.11. The van der Waals surface area contributed by atoms with Crippen molar-refractivity contribution in [2.75, 3.05) is 12.9 Å². The standard InChI is InChI=1S/C14H18F2N2O3S/c1-9(12(15)16)6-4-5-7-21-13(19)11-8-17-14(22(3)20)18-10(11)2/h8H,4-7H2,1-3H3. The molecular weight excluding hydrogens is 314 g/mol. The third-order valence-electron chi connectivity index (χ3n) is 2.94. The number of unbranched alkanes of at least 4 members (excludes halogenated alkanes) is 1. The number of hydrogen-bond acceptors (Lipinski definition) is 5. The van der Waals surface area contributed by atoms with Crippen molar-refractivity contribution in [2.45, 2.75) is 38.3 Å². The Morgan fingerprint density at radius 3 is 2.59 bits per heavy atom. The summed E-state index contributed by atoms with van der Waals surface area (Å²) < 4.78 is 40.7. The van der Waals surface area contributed by atoms with E-state index in [-0.39, 0.29) is 29.3 Å². The molecular formula is C14H18F2N2O3S. The number of esters is 1. The molecule has 0 spiro atoms. The number of aromatic nitrogens is 2. The van der Waals surface area contributed by atoms with Gasteiger partial charge in [0.25, 0.3) is 6.08 Å². The number of carbonyl (C=O) groups is 1. The minimum atomic E-state index is -1.65. The summed E-state index contributed by atoms with van der Waals surface area (Å²) in [6.45, 7) is 3.12. The highest BCUT2D eigenvalue weighted by atomic mass is 32.2. The van der Waals surface area contributed by atoms with E-state index in [9.17, 15) is 17.8 Å². The van der Waals surface area contributed by atoms with Crippen molar-refractivity contribution in [2.24, 2.45) is 0 Å². The molecule has 0 radical (unpaired) electrons. The predicted molar refractivity (Wildman–Crippen MR) is 78.2 cm³/mol. The molecule has 1 aromatic heterocycles. The summed E-state index contributed by atoms with van der Waals surface area (Å²) in [4.78, 5) is 19.7. The van der Waals surface area contributed by atoms with Crippen molar-refractivity contribution in [3.63, 3.8) is 0 Å². The predicted octanol–water partition coefficient (Wildman–Crippen LogP) is 3.02. The molecule has 0 N–H and O–H groups in total. The van der Waals surface area contributed by atoms with E-state index >= 15 is 0 Å². The number of nitrogens with zero attached hydrogens (tertiary/aromatic N) is 2. The molecule has 0 saturated carbocycles. The van der Waals surface area contributed by atoms with Gasteiger partial charge in [-0.25, -0.2) is 14.8 Å². The monoisotopic (exact) mass is 332 g/mol. The molecule has 1 heterocycles. The summed E-state index contributed by atoms with van der Waals surface area (Å²) in [6, 6.07) is 0. The molecule has 8 heteroatoms. The molecule has 1 rings (SSSR count). The average molecular weight is 332 g/mol. The maximum absolute atomic E-state index is 12.2. The van der Waals surface area contributed by atoms with E-state index in [2.05, 4.69) is 9.97 Å². The summed E-state index contributed by atoms with van der Waals surface area (Å²) >= 11 is 0. The molecule has 0 aliphatic rings. The smallest absolute Gasteiger partial charge is 0.341 e. The summed E-state index contributed by atoms with van der Waals surface area (Å²) in [5, 5.41) is 0.157. The van der Waals surface area contributed by atoms with Crippen LogP contribution in [0.1, 0.15) is 42.2 Å². The normalized spacial score (nSPS) is 11.9. The molecule has 0 saturated heterocycles. The molecule has 0 amide bonds. The van der Waals surface area contributed by atoms with Crippen LogP contribution in [-0.2, 0) is 15.5 Å². The number of hydrogen-bond donors (Lipinski definition) is 0. The maximum Gasteiger partial charge on any atom is 0.341 e. The first-order chi connectivity index (χ1) is 10.3. The second kappa shape index (κ2) is 8.67. The van der Waals surface area contributed by atoms with Crippen molar-refractivity contribution >= 4 is 16.8 Å². The van der Waals surface area contributed by atoms with Crippen LogP contribution in [0.4, 0.5) is 8.78 Å². The van der Waals surface area contributed by atoms with Crippen molar-refractivity contribution in [1.29, 1.82) is 0 Å². The first-order valence-electron chi connectivity index (χ1n) is 6.68. The van der Waals surface area contributed by atoms with Gasteiger partial charge in [-0.2, -0.15) is 8.78 Å². The van der Waals surface area contributed by atoms with Crippen LogP contribution in [0.15, 0.2) is 23.0 Å². The molecule has 1 unspecified atom stereocenters. The lowest BCUT2D eigenvalue weighted by Gasteiger charge is -2.07. The molecule has 0 fully saturated rings. The summed E-state index contributed by atoms with van der Waals surface area (Å²) in [6.07, 6.45) is 2.36. The average Bonchev–Trinajstić information content (AvgIpc) is 2.45. The fourth-order valence-corrected chi connectivity index (χ4v) is 2.08. The van der Waals surface area contributed by atoms with Crippen molar-refractivity contribution < 1.29 is 22.5 Å². The summed E-state index contributed by atoms with van der Waals surface area (Å²) in [5.41, 5.74) is 0.655. The number of carbonyl (C=O) groups excluding carboxylic acids is 1. The van der Waals surface area contributed by atoms with E-state index < -0.39 is 22.8 Å². The van der Waals surface area contributed by atoms with Gasteiger partial charge in [-0.15, -0.1) is 0 Å². The van der Waals surface area contributed by atoms with Crippen LogP contribution in [-0.4, -0.2) is 33.0 Å². The zero-order valence-corrected chi connectivity index (χ0v) is 13.5. The van der Waals surface area contributed by atoms with Gasteiger partial charge in [0.2, 0.25) is 5.16 Å². The van der Waals surface area contributed by atoms with Gasteiger partial charge in [-0.1, -0.05) is 0 Å². The molecule has 1 atom stereocenters. The Labute approximate surface area is 130 Å². The first-order valence-corrected chi connectivity index (χ1v) is 8.23. The van der Waals surface area contributed by atoms with Gasteiger partial charge in [0, 0.05) is 12.5 Å². The number of ether oxygens (including phenoxy) is 1. The molecule has 0 bridgehead atoms. The quantitative estimate of drug-likeness (QED) is 0.436. The highest BCUT2D eigenvalue weighted by Gasteiger charge is 2.14. The minimum absolute atomic E-state index is 0.0544. The third-order valence-corrected chi connectivity index (χ3v) is 3.65. The number of allylic oxidation sites excluding steroid dienone is 1. The SMILES string of the molecule is CC(CCCCOC(=O)c1cnc(S(C)=O)nc1C)=C(F)F. The zero-order valence-electron chi connectivity index (χ0n) is 12.7. The van der Waals surface area contributed by atoms with E-state index in [1.54, 1.807) is 6.92 Å². The molecule has 22 heavy (non-hydrogen) atoms. The Balaban J connectivity index is 2.46.